The van der Waals surface area contributed by atoms with Crippen molar-refractivity contribution in [3.05, 3.63) is 28.3 Å². The highest BCUT2D eigenvalue weighted by Gasteiger charge is 2.20. The number of nitro benzene ring substituents is 1. The van der Waals surface area contributed by atoms with Crippen LogP contribution in [0.15, 0.2) is 18.2 Å². The molecule has 3 rings (SSSR count). The van der Waals surface area contributed by atoms with Crippen molar-refractivity contribution in [1.29, 1.82) is 0 Å². The number of nitro groups is 1. The number of hydrogen-bond donors (Lipinski definition) is 2. The smallest absolute Gasteiger partial charge is 0.292 e. The molecule has 7 nitrogen and oxygen atoms in total. The third-order valence-electron chi connectivity index (χ3n) is 4.20. The number of anilines is 2. The summed E-state index contributed by atoms with van der Waals surface area (Å²) in [4.78, 5) is 13.1. The first-order valence-electron chi connectivity index (χ1n) is 7.83. The molecule has 0 saturated carbocycles. The summed E-state index contributed by atoms with van der Waals surface area (Å²) in [7, 11) is 0. The van der Waals surface area contributed by atoms with Crippen LogP contribution in [-0.4, -0.2) is 50.4 Å². The summed E-state index contributed by atoms with van der Waals surface area (Å²) >= 11 is 0. The van der Waals surface area contributed by atoms with E-state index in [4.69, 9.17) is 4.74 Å². The third-order valence-corrected chi connectivity index (χ3v) is 4.20. The number of benzene rings is 1. The predicted molar refractivity (Wildman–Crippen MR) is 85.6 cm³/mol. The lowest BCUT2D eigenvalue weighted by atomic mass is 10.2. The molecule has 0 bridgehead atoms. The highest BCUT2D eigenvalue weighted by molar-refractivity contribution is 5.69. The van der Waals surface area contributed by atoms with Crippen LogP contribution in [0.25, 0.3) is 0 Å². The fourth-order valence-corrected chi connectivity index (χ4v) is 2.97. The number of nitrogens with zero attached hydrogens (tertiary/aromatic N) is 2. The van der Waals surface area contributed by atoms with E-state index in [0.29, 0.717) is 12.2 Å². The molecule has 1 aromatic carbocycles. The Morgan fingerprint density at radius 2 is 2.23 bits per heavy atom. The van der Waals surface area contributed by atoms with Gasteiger partial charge in [-0.3, -0.25) is 10.1 Å². The van der Waals surface area contributed by atoms with E-state index in [2.05, 4.69) is 15.5 Å². The van der Waals surface area contributed by atoms with E-state index in [1.54, 1.807) is 6.07 Å². The summed E-state index contributed by atoms with van der Waals surface area (Å²) in [5, 5.41) is 17.7. The maximum atomic E-state index is 11.2. The van der Waals surface area contributed by atoms with Crippen LogP contribution in [0.5, 0.6) is 0 Å². The lowest BCUT2D eigenvalue weighted by molar-refractivity contribution is -0.383. The molecule has 120 valence electrons. The van der Waals surface area contributed by atoms with Crippen LogP contribution >= 0.6 is 0 Å². The largest absolute Gasteiger partial charge is 0.377 e. The van der Waals surface area contributed by atoms with Crippen molar-refractivity contribution in [2.75, 3.05) is 49.5 Å². The van der Waals surface area contributed by atoms with Gasteiger partial charge in [-0.1, -0.05) is 0 Å². The average Bonchev–Trinajstić information content (AvgIpc) is 3.07. The Bertz CT molecular complexity index is 526. The molecule has 2 aliphatic heterocycles. The van der Waals surface area contributed by atoms with Crippen LogP contribution in [0.4, 0.5) is 17.1 Å². The second-order valence-corrected chi connectivity index (χ2v) is 5.71. The summed E-state index contributed by atoms with van der Waals surface area (Å²) in [5.41, 5.74) is 1.73. The molecule has 1 atom stereocenters. The molecule has 2 N–H and O–H groups in total. The van der Waals surface area contributed by atoms with Crippen molar-refractivity contribution in [3.8, 4) is 0 Å². The molecular weight excluding hydrogens is 284 g/mol. The highest BCUT2D eigenvalue weighted by atomic mass is 16.6. The normalized spacial score (nSPS) is 21.8. The minimum absolute atomic E-state index is 0.122. The summed E-state index contributed by atoms with van der Waals surface area (Å²) in [6, 6.07) is 5.31. The van der Waals surface area contributed by atoms with Crippen LogP contribution in [0, 0.1) is 10.1 Å². The van der Waals surface area contributed by atoms with Gasteiger partial charge in [0, 0.05) is 51.1 Å². The first-order chi connectivity index (χ1) is 10.7. The lowest BCUT2D eigenvalue weighted by Crippen LogP contribution is -2.43. The van der Waals surface area contributed by atoms with Crippen molar-refractivity contribution in [1.82, 2.24) is 5.32 Å². The Hall–Kier alpha value is -1.86. The van der Waals surface area contributed by atoms with Gasteiger partial charge in [0.2, 0.25) is 0 Å². The van der Waals surface area contributed by atoms with Crippen molar-refractivity contribution < 1.29 is 9.66 Å². The highest BCUT2D eigenvalue weighted by Crippen LogP contribution is 2.30. The van der Waals surface area contributed by atoms with Crippen molar-refractivity contribution in [2.45, 2.75) is 18.9 Å². The van der Waals surface area contributed by atoms with Crippen LogP contribution in [0.2, 0.25) is 0 Å². The number of rotatable bonds is 5. The minimum Gasteiger partial charge on any atom is -0.377 e. The van der Waals surface area contributed by atoms with Gasteiger partial charge in [0.25, 0.3) is 5.69 Å². The second kappa shape index (κ2) is 6.93. The van der Waals surface area contributed by atoms with E-state index in [0.717, 1.165) is 51.3 Å². The van der Waals surface area contributed by atoms with Gasteiger partial charge in [0.1, 0.15) is 5.69 Å². The summed E-state index contributed by atoms with van der Waals surface area (Å²) in [5.74, 6) is 0. The summed E-state index contributed by atoms with van der Waals surface area (Å²) < 4.78 is 5.57. The van der Waals surface area contributed by atoms with Gasteiger partial charge in [-0.2, -0.15) is 0 Å². The quantitative estimate of drug-likeness (QED) is 0.635. The average molecular weight is 306 g/mol. The van der Waals surface area contributed by atoms with E-state index in [-0.39, 0.29) is 16.7 Å². The molecule has 2 fully saturated rings. The van der Waals surface area contributed by atoms with E-state index >= 15 is 0 Å². The van der Waals surface area contributed by atoms with Gasteiger partial charge in [-0.15, -0.1) is 0 Å². The minimum atomic E-state index is -0.334. The predicted octanol–water partition coefficient (Wildman–Crippen LogP) is 1.60. The van der Waals surface area contributed by atoms with Crippen LogP contribution in [0.3, 0.4) is 0 Å². The molecule has 22 heavy (non-hydrogen) atoms. The SMILES string of the molecule is O=[N+]([O-])c1ccc(N2CCNCC2)cc1NC[C@@H]1CCCO1. The molecule has 1 aromatic rings. The monoisotopic (exact) mass is 306 g/mol. The van der Waals surface area contributed by atoms with Gasteiger partial charge < -0.3 is 20.3 Å². The fourth-order valence-electron chi connectivity index (χ4n) is 2.97. The Morgan fingerprint density at radius 1 is 1.41 bits per heavy atom. The van der Waals surface area contributed by atoms with Crippen LogP contribution in [0.1, 0.15) is 12.8 Å². The van der Waals surface area contributed by atoms with E-state index in [1.807, 2.05) is 12.1 Å². The van der Waals surface area contributed by atoms with Gasteiger partial charge in [0.15, 0.2) is 0 Å². The van der Waals surface area contributed by atoms with E-state index in [1.165, 1.54) is 0 Å². The van der Waals surface area contributed by atoms with E-state index < -0.39 is 0 Å². The molecule has 2 aliphatic rings. The zero-order valence-corrected chi connectivity index (χ0v) is 12.6. The Morgan fingerprint density at radius 3 is 2.91 bits per heavy atom. The lowest BCUT2D eigenvalue weighted by Gasteiger charge is -2.29. The molecular formula is C15H22N4O3. The van der Waals surface area contributed by atoms with Crippen LogP contribution in [-0.2, 0) is 4.74 Å². The Labute approximate surface area is 129 Å². The number of ether oxygens (including phenoxy) is 1. The molecule has 0 spiro atoms. The summed E-state index contributed by atoms with van der Waals surface area (Å²) in [6.45, 7) is 5.12. The maximum Gasteiger partial charge on any atom is 0.292 e. The topological polar surface area (TPSA) is 79.7 Å². The van der Waals surface area contributed by atoms with Crippen molar-refractivity contribution >= 4 is 17.1 Å². The van der Waals surface area contributed by atoms with Gasteiger partial charge in [-0.05, 0) is 25.0 Å². The molecule has 2 saturated heterocycles. The zero-order valence-electron chi connectivity index (χ0n) is 12.6. The van der Waals surface area contributed by atoms with Crippen LogP contribution < -0.4 is 15.5 Å². The summed E-state index contributed by atoms with van der Waals surface area (Å²) in [6.07, 6.45) is 2.23. The molecule has 0 unspecified atom stereocenters. The fraction of sp³-hybridized carbons (Fsp3) is 0.600. The third kappa shape index (κ3) is 3.48. The first-order valence-corrected chi connectivity index (χ1v) is 7.83. The number of nitrogens with one attached hydrogen (secondary N) is 2. The molecule has 2 heterocycles. The second-order valence-electron chi connectivity index (χ2n) is 5.71. The maximum absolute atomic E-state index is 11.2. The van der Waals surface area contributed by atoms with Gasteiger partial charge >= 0.3 is 0 Å². The molecule has 0 aliphatic carbocycles. The van der Waals surface area contributed by atoms with Gasteiger partial charge in [-0.25, -0.2) is 0 Å². The van der Waals surface area contributed by atoms with Crippen molar-refractivity contribution in [3.63, 3.8) is 0 Å². The van der Waals surface area contributed by atoms with E-state index in [9.17, 15) is 10.1 Å². The van der Waals surface area contributed by atoms with Gasteiger partial charge in [0.05, 0.1) is 11.0 Å². The Kier molecular flexibility index (Phi) is 4.74. The zero-order chi connectivity index (χ0) is 15.4. The Balaban J connectivity index is 1.75. The standard InChI is InChI=1S/C15H22N4O3/c20-19(21)15-4-3-12(18-7-5-16-6-8-18)10-14(15)17-11-13-2-1-9-22-13/h3-4,10,13,16-17H,1-2,5-9,11H2/t13-/m0/s1. The molecule has 0 amide bonds. The molecule has 0 radical (unpaired) electrons. The number of hydrogen-bond acceptors (Lipinski definition) is 6. The van der Waals surface area contributed by atoms with Crippen molar-refractivity contribution in [2.24, 2.45) is 0 Å². The molecule has 0 aromatic heterocycles. The first kappa shape index (κ1) is 15.1. The molecule has 7 heteroatoms. The number of piperazine rings is 1.